The molecule has 0 radical (unpaired) electrons. The summed E-state index contributed by atoms with van der Waals surface area (Å²) in [4.78, 5) is 4.44. The Bertz CT molecular complexity index is 927. The second-order valence-electron chi connectivity index (χ2n) is 7.59. The molecule has 2 aromatic heterocycles. The Morgan fingerprint density at radius 1 is 1.26 bits per heavy atom. The number of hydrogen-bond acceptors (Lipinski definition) is 3. The minimum atomic E-state index is 0.578. The maximum absolute atomic E-state index is 5.50. The van der Waals surface area contributed by atoms with Gasteiger partial charge in [-0.3, -0.25) is 4.98 Å². The van der Waals surface area contributed by atoms with Gasteiger partial charge < -0.3 is 14.6 Å². The largest absolute Gasteiger partial charge is 0.497 e. The molecule has 4 heteroatoms. The third kappa shape index (κ3) is 3.59. The fourth-order valence-electron chi connectivity index (χ4n) is 4.27. The molecule has 0 aliphatic carbocycles. The first kappa shape index (κ1) is 18.1. The van der Waals surface area contributed by atoms with Crippen molar-refractivity contribution in [3.05, 3.63) is 59.0 Å². The molecule has 142 valence electrons. The fourth-order valence-corrected chi connectivity index (χ4v) is 4.27. The number of nitrogens with zero attached hydrogens (tertiary/aromatic N) is 2. The normalized spacial score (nSPS) is 16.5. The Hall–Kier alpha value is -2.33. The minimum absolute atomic E-state index is 0.578. The van der Waals surface area contributed by atoms with Crippen molar-refractivity contribution in [2.24, 2.45) is 0 Å². The summed E-state index contributed by atoms with van der Waals surface area (Å²) in [5.41, 5.74) is 6.62. The Kier molecular flexibility index (Phi) is 5.17. The van der Waals surface area contributed by atoms with Crippen LogP contribution in [-0.2, 0) is 25.9 Å². The Morgan fingerprint density at radius 2 is 2.15 bits per heavy atom. The van der Waals surface area contributed by atoms with Gasteiger partial charge in [-0.2, -0.15) is 0 Å². The second kappa shape index (κ2) is 7.73. The van der Waals surface area contributed by atoms with Crippen molar-refractivity contribution < 1.29 is 4.74 Å². The molecule has 3 heterocycles. The molecule has 3 aromatic rings. The van der Waals surface area contributed by atoms with Crippen molar-refractivity contribution in [3.8, 4) is 5.75 Å². The molecule has 1 aliphatic rings. The molecule has 0 saturated carbocycles. The van der Waals surface area contributed by atoms with E-state index in [0.29, 0.717) is 6.04 Å². The van der Waals surface area contributed by atoms with Gasteiger partial charge >= 0.3 is 0 Å². The summed E-state index contributed by atoms with van der Waals surface area (Å²) in [5, 5.41) is 5.10. The van der Waals surface area contributed by atoms with Crippen molar-refractivity contribution in [1.29, 1.82) is 0 Å². The van der Waals surface area contributed by atoms with Gasteiger partial charge in [0, 0.05) is 47.6 Å². The summed E-state index contributed by atoms with van der Waals surface area (Å²) in [6.07, 6.45) is 6.55. The topological polar surface area (TPSA) is 39.1 Å². The number of methoxy groups -OCH3 is 1. The lowest BCUT2D eigenvalue weighted by atomic mass is 9.96. The van der Waals surface area contributed by atoms with E-state index in [1.54, 1.807) is 7.11 Å². The van der Waals surface area contributed by atoms with Crippen LogP contribution in [0.5, 0.6) is 5.75 Å². The van der Waals surface area contributed by atoms with Gasteiger partial charge in [-0.15, -0.1) is 0 Å². The van der Waals surface area contributed by atoms with Crippen molar-refractivity contribution in [1.82, 2.24) is 14.9 Å². The lowest BCUT2D eigenvalue weighted by molar-refractivity contribution is 0.415. The molecule has 0 fully saturated rings. The maximum Gasteiger partial charge on any atom is 0.119 e. The van der Waals surface area contributed by atoms with Crippen LogP contribution in [0.2, 0.25) is 0 Å². The Balaban J connectivity index is 1.70. The number of hydrogen-bond donors (Lipinski definition) is 1. The van der Waals surface area contributed by atoms with Crippen LogP contribution in [-0.4, -0.2) is 22.7 Å². The second-order valence-corrected chi connectivity index (χ2v) is 7.59. The number of pyridine rings is 1. The third-order valence-electron chi connectivity index (χ3n) is 5.74. The molecule has 4 nitrogen and oxygen atoms in total. The van der Waals surface area contributed by atoms with Gasteiger partial charge in [-0.05, 0) is 61.6 Å². The number of benzene rings is 1. The van der Waals surface area contributed by atoms with Crippen molar-refractivity contribution in [2.45, 2.75) is 58.7 Å². The summed E-state index contributed by atoms with van der Waals surface area (Å²) >= 11 is 0. The molecule has 4 rings (SSSR count). The quantitative estimate of drug-likeness (QED) is 0.705. The van der Waals surface area contributed by atoms with Crippen LogP contribution in [0, 0.1) is 6.92 Å². The van der Waals surface area contributed by atoms with E-state index in [9.17, 15) is 0 Å². The monoisotopic (exact) mass is 363 g/mol. The maximum atomic E-state index is 5.50. The molecular weight excluding hydrogens is 334 g/mol. The zero-order chi connectivity index (χ0) is 18.8. The summed E-state index contributed by atoms with van der Waals surface area (Å²) in [7, 11) is 1.75. The number of aryl methyl sites for hydroxylation is 3. The average Bonchev–Trinajstić information content (AvgIpc) is 3.00. The standard InChI is InChI=1S/C23H29N3O/c1-4-5-18-12-20-21-13-19(27-3)8-9-22(21)26(23(20)15-25-18)11-10-17-7-6-16(2)24-14-17/h6-9,13-14,18,25H,4-5,10-12,15H2,1-3H3. The molecular formula is C23H29N3O. The van der Waals surface area contributed by atoms with E-state index in [0.717, 1.165) is 37.4 Å². The highest BCUT2D eigenvalue weighted by Crippen LogP contribution is 2.33. The Labute approximate surface area is 161 Å². The third-order valence-corrected chi connectivity index (χ3v) is 5.74. The van der Waals surface area contributed by atoms with E-state index < -0.39 is 0 Å². The van der Waals surface area contributed by atoms with Crippen molar-refractivity contribution in [2.75, 3.05) is 7.11 Å². The van der Waals surface area contributed by atoms with Gasteiger partial charge in [0.15, 0.2) is 0 Å². The smallest absolute Gasteiger partial charge is 0.119 e. The van der Waals surface area contributed by atoms with Crippen molar-refractivity contribution >= 4 is 10.9 Å². The summed E-state index contributed by atoms with van der Waals surface area (Å²) in [5.74, 6) is 0.941. The molecule has 0 spiro atoms. The first-order valence-electron chi connectivity index (χ1n) is 10.0. The number of rotatable bonds is 6. The van der Waals surface area contributed by atoms with Gasteiger partial charge in [0.25, 0.3) is 0 Å². The van der Waals surface area contributed by atoms with Gasteiger partial charge in [0.2, 0.25) is 0 Å². The predicted octanol–water partition coefficient (Wildman–Crippen LogP) is 4.41. The van der Waals surface area contributed by atoms with E-state index in [2.05, 4.69) is 52.1 Å². The molecule has 0 saturated heterocycles. The molecule has 1 unspecified atom stereocenters. The zero-order valence-corrected chi connectivity index (χ0v) is 16.6. The van der Waals surface area contributed by atoms with Gasteiger partial charge in [-0.1, -0.05) is 19.4 Å². The van der Waals surface area contributed by atoms with E-state index in [1.165, 1.54) is 40.6 Å². The van der Waals surface area contributed by atoms with E-state index in [4.69, 9.17) is 4.74 Å². The average molecular weight is 364 g/mol. The first-order chi connectivity index (χ1) is 13.2. The number of nitrogens with one attached hydrogen (secondary N) is 1. The lowest BCUT2D eigenvalue weighted by Crippen LogP contribution is -2.36. The first-order valence-corrected chi connectivity index (χ1v) is 10.0. The molecule has 27 heavy (non-hydrogen) atoms. The van der Waals surface area contributed by atoms with Crippen LogP contribution in [0.15, 0.2) is 36.5 Å². The van der Waals surface area contributed by atoms with Gasteiger partial charge in [-0.25, -0.2) is 0 Å². The molecule has 1 aliphatic heterocycles. The molecule has 1 atom stereocenters. The van der Waals surface area contributed by atoms with Crippen LogP contribution in [0.3, 0.4) is 0 Å². The minimum Gasteiger partial charge on any atom is -0.497 e. The highest BCUT2D eigenvalue weighted by molar-refractivity contribution is 5.87. The van der Waals surface area contributed by atoms with Gasteiger partial charge in [0.1, 0.15) is 5.75 Å². The van der Waals surface area contributed by atoms with E-state index >= 15 is 0 Å². The Morgan fingerprint density at radius 3 is 2.89 bits per heavy atom. The highest BCUT2D eigenvalue weighted by atomic mass is 16.5. The van der Waals surface area contributed by atoms with E-state index in [-0.39, 0.29) is 0 Å². The zero-order valence-electron chi connectivity index (χ0n) is 16.6. The molecule has 1 N–H and O–H groups in total. The van der Waals surface area contributed by atoms with E-state index in [1.807, 2.05) is 13.1 Å². The number of ether oxygens (including phenoxy) is 1. The lowest BCUT2D eigenvalue weighted by Gasteiger charge is -2.25. The summed E-state index contributed by atoms with van der Waals surface area (Å²) in [6.45, 7) is 6.22. The van der Waals surface area contributed by atoms with Crippen LogP contribution >= 0.6 is 0 Å². The SMILES string of the molecule is CCCC1Cc2c(n(CCc3ccc(C)nc3)c3ccc(OC)cc23)CN1. The van der Waals surface area contributed by atoms with Gasteiger partial charge in [0.05, 0.1) is 7.11 Å². The molecule has 0 bridgehead atoms. The van der Waals surface area contributed by atoms with Crippen molar-refractivity contribution in [3.63, 3.8) is 0 Å². The predicted molar refractivity (Wildman–Crippen MR) is 110 cm³/mol. The number of fused-ring (bicyclic) bond motifs is 3. The van der Waals surface area contributed by atoms with Crippen LogP contribution in [0.1, 0.15) is 42.3 Å². The van der Waals surface area contributed by atoms with Crippen LogP contribution in [0.4, 0.5) is 0 Å². The highest BCUT2D eigenvalue weighted by Gasteiger charge is 2.24. The fraction of sp³-hybridized carbons (Fsp3) is 0.435. The van der Waals surface area contributed by atoms with Crippen LogP contribution < -0.4 is 10.1 Å². The molecule has 1 aromatic carbocycles. The molecule has 0 amide bonds. The summed E-state index contributed by atoms with van der Waals surface area (Å²) in [6, 6.07) is 11.4. The number of aromatic nitrogens is 2. The summed E-state index contributed by atoms with van der Waals surface area (Å²) < 4.78 is 8.00. The van der Waals surface area contributed by atoms with Crippen LogP contribution in [0.25, 0.3) is 10.9 Å².